The fourth-order valence-electron chi connectivity index (χ4n) is 3.45. The summed E-state index contributed by atoms with van der Waals surface area (Å²) in [4.78, 5) is 11.6. The van der Waals surface area contributed by atoms with Gasteiger partial charge in [0.05, 0.1) is 6.61 Å². The van der Waals surface area contributed by atoms with E-state index in [-0.39, 0.29) is 24.0 Å². The second kappa shape index (κ2) is 8.99. The van der Waals surface area contributed by atoms with Crippen LogP contribution in [0.25, 0.3) is 0 Å². The van der Waals surface area contributed by atoms with Gasteiger partial charge in [-0.05, 0) is 44.7 Å². The smallest absolute Gasteiger partial charge is 0.193 e. The highest BCUT2D eigenvalue weighted by molar-refractivity contribution is 14.0. The third kappa shape index (κ3) is 4.81. The fraction of sp³-hybridized carbons (Fsp3) is 0.667. The van der Waals surface area contributed by atoms with Crippen LogP contribution >= 0.6 is 24.0 Å². The molecule has 2 saturated heterocycles. The first-order chi connectivity index (χ1) is 11.2. The first kappa shape index (κ1) is 19.4. The van der Waals surface area contributed by atoms with Crippen LogP contribution in [0.15, 0.2) is 23.3 Å². The van der Waals surface area contributed by atoms with Crippen molar-refractivity contribution in [2.45, 2.75) is 33.1 Å². The number of guanidine groups is 1. The summed E-state index contributed by atoms with van der Waals surface area (Å²) in [6, 6.07) is 4.21. The lowest BCUT2D eigenvalue weighted by Crippen LogP contribution is -2.41. The van der Waals surface area contributed by atoms with E-state index in [2.05, 4.69) is 34.3 Å². The zero-order valence-electron chi connectivity index (χ0n) is 14.8. The van der Waals surface area contributed by atoms with Crippen molar-refractivity contribution in [2.24, 2.45) is 10.4 Å². The first-order valence-electron chi connectivity index (χ1n) is 8.73. The summed E-state index contributed by atoms with van der Waals surface area (Å²) >= 11 is 0. The number of nitrogens with one attached hydrogen (secondary N) is 1. The molecule has 0 radical (unpaired) electrons. The number of aliphatic imine (C=N–C) groups is 1. The number of pyridine rings is 1. The number of rotatable bonds is 4. The van der Waals surface area contributed by atoms with E-state index in [0.717, 1.165) is 57.5 Å². The minimum Gasteiger partial charge on any atom is -0.381 e. The van der Waals surface area contributed by atoms with E-state index in [1.807, 2.05) is 13.1 Å². The van der Waals surface area contributed by atoms with Gasteiger partial charge in [0.1, 0.15) is 0 Å². The molecule has 1 unspecified atom stereocenters. The number of aromatic nitrogens is 1. The third-order valence-electron chi connectivity index (χ3n) is 4.89. The summed E-state index contributed by atoms with van der Waals surface area (Å²) in [5.41, 5.74) is 2.68. The predicted molar refractivity (Wildman–Crippen MR) is 108 cm³/mol. The molecule has 6 heteroatoms. The Morgan fingerprint density at radius 2 is 2.29 bits per heavy atom. The summed E-state index contributed by atoms with van der Waals surface area (Å²) in [6.07, 6.45) is 5.31. The Morgan fingerprint density at radius 3 is 2.96 bits per heavy atom. The van der Waals surface area contributed by atoms with Crippen LogP contribution in [-0.4, -0.2) is 55.2 Å². The predicted octanol–water partition coefficient (Wildman–Crippen LogP) is 2.63. The summed E-state index contributed by atoms with van der Waals surface area (Å²) in [5, 5.41) is 3.45. The molecule has 1 aromatic heterocycles. The molecular formula is C18H29IN4O. The Balaban J connectivity index is 0.00000208. The minimum absolute atomic E-state index is 0. The molecule has 2 aliphatic rings. The van der Waals surface area contributed by atoms with E-state index >= 15 is 0 Å². The molecular weight excluding hydrogens is 415 g/mol. The molecule has 24 heavy (non-hydrogen) atoms. The Hall–Kier alpha value is -0.890. The average molecular weight is 444 g/mol. The highest BCUT2D eigenvalue weighted by Gasteiger charge is 2.42. The van der Waals surface area contributed by atoms with Gasteiger partial charge in [-0.2, -0.15) is 0 Å². The molecule has 5 nitrogen and oxygen atoms in total. The zero-order chi connectivity index (χ0) is 16.1. The number of likely N-dealkylation sites (tertiary alicyclic amines) is 1. The number of hydrogen-bond acceptors (Lipinski definition) is 3. The molecule has 0 amide bonds. The van der Waals surface area contributed by atoms with E-state index in [9.17, 15) is 0 Å². The molecule has 134 valence electrons. The van der Waals surface area contributed by atoms with Gasteiger partial charge < -0.3 is 15.0 Å². The molecule has 0 aliphatic carbocycles. The van der Waals surface area contributed by atoms with Gasteiger partial charge in [-0.25, -0.2) is 0 Å². The molecule has 0 bridgehead atoms. The molecule has 1 spiro atoms. The summed E-state index contributed by atoms with van der Waals surface area (Å²) in [5.74, 6) is 1.05. The topological polar surface area (TPSA) is 49.8 Å². The lowest BCUT2D eigenvalue weighted by molar-refractivity contribution is 0.156. The van der Waals surface area contributed by atoms with Crippen LogP contribution in [0.3, 0.4) is 0 Å². The maximum absolute atomic E-state index is 5.62. The Labute approximate surface area is 162 Å². The van der Waals surface area contributed by atoms with Gasteiger partial charge in [0.25, 0.3) is 0 Å². The SMILES string of the molecule is CCNC(=NCCc1ccc(C)nc1)N1CCC2(CCOC2)C1.I. The van der Waals surface area contributed by atoms with Crippen LogP contribution in [0.5, 0.6) is 0 Å². The molecule has 1 N–H and O–H groups in total. The number of ether oxygens (including phenoxy) is 1. The van der Waals surface area contributed by atoms with Crippen molar-refractivity contribution in [2.75, 3.05) is 39.4 Å². The van der Waals surface area contributed by atoms with Crippen molar-refractivity contribution in [3.8, 4) is 0 Å². The number of aryl methyl sites for hydroxylation is 1. The van der Waals surface area contributed by atoms with Crippen molar-refractivity contribution < 1.29 is 4.74 Å². The van der Waals surface area contributed by atoms with Crippen molar-refractivity contribution in [3.63, 3.8) is 0 Å². The first-order valence-corrected chi connectivity index (χ1v) is 8.73. The average Bonchev–Trinajstić information content (AvgIpc) is 3.19. The van der Waals surface area contributed by atoms with Gasteiger partial charge >= 0.3 is 0 Å². The molecule has 0 saturated carbocycles. The molecule has 2 fully saturated rings. The molecule has 1 aromatic rings. The van der Waals surface area contributed by atoms with E-state index in [0.29, 0.717) is 5.41 Å². The summed E-state index contributed by atoms with van der Waals surface area (Å²) < 4.78 is 5.62. The van der Waals surface area contributed by atoms with Gasteiger partial charge in [-0.15, -0.1) is 24.0 Å². The molecule has 2 aliphatic heterocycles. The Morgan fingerprint density at radius 1 is 1.42 bits per heavy atom. The second-order valence-electron chi connectivity index (χ2n) is 6.77. The van der Waals surface area contributed by atoms with Crippen molar-refractivity contribution >= 4 is 29.9 Å². The maximum atomic E-state index is 5.62. The minimum atomic E-state index is 0. The van der Waals surface area contributed by atoms with Crippen molar-refractivity contribution in [1.82, 2.24) is 15.2 Å². The molecule has 0 aromatic carbocycles. The van der Waals surface area contributed by atoms with Crippen LogP contribution in [0.1, 0.15) is 31.0 Å². The van der Waals surface area contributed by atoms with Gasteiger partial charge in [-0.3, -0.25) is 9.98 Å². The number of halogens is 1. The highest BCUT2D eigenvalue weighted by atomic mass is 127. The normalized spacial score (nSPS) is 23.6. The lowest BCUT2D eigenvalue weighted by atomic mass is 9.87. The fourth-order valence-corrected chi connectivity index (χ4v) is 3.45. The van der Waals surface area contributed by atoms with Gasteiger partial charge in [0.15, 0.2) is 5.96 Å². The van der Waals surface area contributed by atoms with Crippen LogP contribution in [-0.2, 0) is 11.2 Å². The largest absolute Gasteiger partial charge is 0.381 e. The quantitative estimate of drug-likeness (QED) is 0.441. The lowest BCUT2D eigenvalue weighted by Gasteiger charge is -2.25. The van der Waals surface area contributed by atoms with E-state index in [1.165, 1.54) is 18.4 Å². The monoisotopic (exact) mass is 444 g/mol. The third-order valence-corrected chi connectivity index (χ3v) is 4.89. The maximum Gasteiger partial charge on any atom is 0.193 e. The van der Waals surface area contributed by atoms with E-state index in [1.54, 1.807) is 0 Å². The van der Waals surface area contributed by atoms with Crippen molar-refractivity contribution in [1.29, 1.82) is 0 Å². The Kier molecular flexibility index (Phi) is 7.28. The van der Waals surface area contributed by atoms with E-state index in [4.69, 9.17) is 9.73 Å². The van der Waals surface area contributed by atoms with Crippen molar-refractivity contribution in [3.05, 3.63) is 29.6 Å². The Bertz CT molecular complexity index is 540. The van der Waals surface area contributed by atoms with Gasteiger partial charge in [0, 0.05) is 50.1 Å². The molecule has 1 atom stereocenters. The standard InChI is InChI=1S/C18H28N4O.HI/c1-3-19-17(20-9-6-16-5-4-15(2)21-12-16)22-10-7-18(13-22)8-11-23-14-18;/h4-5,12H,3,6-11,13-14H2,1-2H3,(H,19,20);1H. The van der Waals surface area contributed by atoms with Gasteiger partial charge in [-0.1, -0.05) is 6.07 Å². The molecule has 3 heterocycles. The van der Waals surface area contributed by atoms with Crippen LogP contribution in [0.4, 0.5) is 0 Å². The summed E-state index contributed by atoms with van der Waals surface area (Å²) in [6.45, 7) is 9.84. The second-order valence-corrected chi connectivity index (χ2v) is 6.77. The van der Waals surface area contributed by atoms with Gasteiger partial charge in [0.2, 0.25) is 0 Å². The number of nitrogens with zero attached hydrogens (tertiary/aromatic N) is 3. The number of hydrogen-bond donors (Lipinski definition) is 1. The van der Waals surface area contributed by atoms with Crippen LogP contribution < -0.4 is 5.32 Å². The summed E-state index contributed by atoms with van der Waals surface area (Å²) in [7, 11) is 0. The van der Waals surface area contributed by atoms with E-state index < -0.39 is 0 Å². The molecule has 3 rings (SSSR count). The zero-order valence-corrected chi connectivity index (χ0v) is 17.1. The van der Waals surface area contributed by atoms with Crippen LogP contribution in [0, 0.1) is 12.3 Å². The highest BCUT2D eigenvalue weighted by Crippen LogP contribution is 2.38. The van der Waals surface area contributed by atoms with Crippen LogP contribution in [0.2, 0.25) is 0 Å².